The molecule has 116 valence electrons. The number of nitrogens with zero attached hydrogens (tertiary/aromatic N) is 3. The summed E-state index contributed by atoms with van der Waals surface area (Å²) >= 11 is 3.43. The number of hydrogen-bond acceptors (Lipinski definition) is 3. The van der Waals surface area contributed by atoms with E-state index in [0.29, 0.717) is 30.8 Å². The van der Waals surface area contributed by atoms with Crippen LogP contribution in [0.3, 0.4) is 0 Å². The molecule has 1 amide bonds. The predicted molar refractivity (Wildman–Crippen MR) is 84.1 cm³/mol. The minimum atomic E-state index is -0.949. The van der Waals surface area contributed by atoms with Crippen LogP contribution in [0.4, 0.5) is 0 Å². The van der Waals surface area contributed by atoms with Crippen LogP contribution in [0.2, 0.25) is 0 Å². The van der Waals surface area contributed by atoms with Crippen LogP contribution in [0.5, 0.6) is 0 Å². The molecular formula is C15H16BrN3O3. The van der Waals surface area contributed by atoms with E-state index in [4.69, 9.17) is 0 Å². The van der Waals surface area contributed by atoms with Crippen LogP contribution < -0.4 is 0 Å². The standard InChI is InChI=1S/C15H16BrN3O3/c1-8-6-10(16)7-19-12(9(2)17-13(8)19)14(20)18-5-3-4-11(18)15(21)22/h6-7,11H,3-5H2,1-2H3,(H,21,22). The highest BCUT2D eigenvalue weighted by atomic mass is 79.9. The maximum atomic E-state index is 12.9. The lowest BCUT2D eigenvalue weighted by Gasteiger charge is -2.21. The molecule has 3 heterocycles. The lowest BCUT2D eigenvalue weighted by molar-refractivity contribution is -0.141. The molecule has 2 aromatic heterocycles. The first-order chi connectivity index (χ1) is 10.4. The molecule has 1 atom stereocenters. The zero-order chi connectivity index (χ0) is 16.0. The number of pyridine rings is 1. The molecule has 22 heavy (non-hydrogen) atoms. The molecule has 0 aliphatic carbocycles. The fourth-order valence-corrected chi connectivity index (χ4v) is 3.59. The number of likely N-dealkylation sites (tertiary alicyclic amines) is 1. The number of aryl methyl sites for hydroxylation is 2. The normalized spacial score (nSPS) is 18.1. The highest BCUT2D eigenvalue weighted by Crippen LogP contribution is 2.25. The second kappa shape index (κ2) is 5.39. The quantitative estimate of drug-likeness (QED) is 0.886. The summed E-state index contributed by atoms with van der Waals surface area (Å²) in [5.41, 5.74) is 2.72. The van der Waals surface area contributed by atoms with E-state index in [-0.39, 0.29) is 5.91 Å². The highest BCUT2D eigenvalue weighted by Gasteiger charge is 2.36. The van der Waals surface area contributed by atoms with E-state index < -0.39 is 12.0 Å². The fourth-order valence-electron chi connectivity index (χ4n) is 3.04. The molecule has 1 fully saturated rings. The van der Waals surface area contributed by atoms with Crippen molar-refractivity contribution in [2.75, 3.05) is 6.54 Å². The van der Waals surface area contributed by atoms with Crippen molar-refractivity contribution >= 4 is 33.5 Å². The van der Waals surface area contributed by atoms with Crippen molar-refractivity contribution in [1.82, 2.24) is 14.3 Å². The van der Waals surface area contributed by atoms with Crippen LogP contribution in [0, 0.1) is 13.8 Å². The first-order valence-electron chi connectivity index (χ1n) is 7.08. The first kappa shape index (κ1) is 15.0. The van der Waals surface area contributed by atoms with Gasteiger partial charge in [-0.1, -0.05) is 0 Å². The van der Waals surface area contributed by atoms with Crippen molar-refractivity contribution in [3.63, 3.8) is 0 Å². The van der Waals surface area contributed by atoms with E-state index in [1.54, 1.807) is 17.5 Å². The largest absolute Gasteiger partial charge is 0.480 e. The first-order valence-corrected chi connectivity index (χ1v) is 7.88. The Kier molecular flexibility index (Phi) is 3.68. The summed E-state index contributed by atoms with van der Waals surface area (Å²) in [4.78, 5) is 30.1. The van der Waals surface area contributed by atoms with Gasteiger partial charge in [0.25, 0.3) is 5.91 Å². The highest BCUT2D eigenvalue weighted by molar-refractivity contribution is 9.10. The van der Waals surface area contributed by atoms with Crippen molar-refractivity contribution in [3.05, 3.63) is 33.7 Å². The third-order valence-corrected chi connectivity index (χ3v) is 4.48. The minimum Gasteiger partial charge on any atom is -0.480 e. The van der Waals surface area contributed by atoms with Crippen LogP contribution >= 0.6 is 15.9 Å². The van der Waals surface area contributed by atoms with Gasteiger partial charge >= 0.3 is 5.97 Å². The molecule has 1 N–H and O–H groups in total. The Morgan fingerprint density at radius 3 is 2.82 bits per heavy atom. The van der Waals surface area contributed by atoms with Gasteiger partial charge in [-0.25, -0.2) is 9.78 Å². The Labute approximate surface area is 135 Å². The average Bonchev–Trinajstić information content (AvgIpc) is 3.02. The Bertz CT molecular complexity index is 784. The van der Waals surface area contributed by atoms with Crippen molar-refractivity contribution in [1.29, 1.82) is 0 Å². The summed E-state index contributed by atoms with van der Waals surface area (Å²) in [5.74, 6) is -1.22. The van der Waals surface area contributed by atoms with Gasteiger partial charge in [0.2, 0.25) is 0 Å². The Balaban J connectivity index is 2.12. The molecule has 0 saturated carbocycles. The minimum absolute atomic E-state index is 0.271. The van der Waals surface area contributed by atoms with Crippen molar-refractivity contribution in [2.24, 2.45) is 0 Å². The molecule has 0 aromatic carbocycles. The lowest BCUT2D eigenvalue weighted by Crippen LogP contribution is -2.41. The van der Waals surface area contributed by atoms with E-state index in [0.717, 1.165) is 15.7 Å². The van der Waals surface area contributed by atoms with Crippen molar-refractivity contribution in [3.8, 4) is 0 Å². The van der Waals surface area contributed by atoms with Crippen LogP contribution in [0.15, 0.2) is 16.7 Å². The van der Waals surface area contributed by atoms with Gasteiger partial charge < -0.3 is 10.0 Å². The van der Waals surface area contributed by atoms with Gasteiger partial charge in [-0.05, 0) is 54.2 Å². The third-order valence-electron chi connectivity index (χ3n) is 4.05. The van der Waals surface area contributed by atoms with E-state index in [9.17, 15) is 14.7 Å². The summed E-state index contributed by atoms with van der Waals surface area (Å²) in [6, 6.07) is 1.19. The molecule has 2 aromatic rings. The maximum absolute atomic E-state index is 12.9. The number of carbonyl (C=O) groups is 2. The second-order valence-electron chi connectivity index (χ2n) is 5.58. The predicted octanol–water partition coefficient (Wildman–Crippen LogP) is 2.40. The molecule has 3 rings (SSSR count). The number of aliphatic carboxylic acids is 1. The van der Waals surface area contributed by atoms with Crippen LogP contribution in [-0.4, -0.2) is 43.9 Å². The molecule has 7 heteroatoms. The monoisotopic (exact) mass is 365 g/mol. The van der Waals surface area contributed by atoms with Gasteiger partial charge in [0.1, 0.15) is 17.4 Å². The smallest absolute Gasteiger partial charge is 0.326 e. The zero-order valence-corrected chi connectivity index (χ0v) is 13.9. The number of rotatable bonds is 2. The van der Waals surface area contributed by atoms with E-state index in [2.05, 4.69) is 20.9 Å². The molecule has 1 unspecified atom stereocenters. The SMILES string of the molecule is Cc1nc2c(C)cc(Br)cn2c1C(=O)N1CCCC1C(=O)O. The van der Waals surface area contributed by atoms with Gasteiger partial charge in [0, 0.05) is 17.2 Å². The number of fused-ring (bicyclic) bond motifs is 1. The summed E-state index contributed by atoms with van der Waals surface area (Å²) in [6.07, 6.45) is 3.00. The van der Waals surface area contributed by atoms with Crippen molar-refractivity contribution in [2.45, 2.75) is 32.7 Å². The maximum Gasteiger partial charge on any atom is 0.326 e. The molecule has 0 spiro atoms. The Morgan fingerprint density at radius 1 is 1.41 bits per heavy atom. The molecule has 0 radical (unpaired) electrons. The average molecular weight is 366 g/mol. The molecule has 1 saturated heterocycles. The number of aromatic nitrogens is 2. The number of carboxylic acid groups (broad SMARTS) is 1. The number of hydrogen-bond donors (Lipinski definition) is 1. The number of carboxylic acids is 1. The van der Waals surface area contributed by atoms with Gasteiger partial charge in [0.15, 0.2) is 0 Å². The third kappa shape index (κ3) is 2.29. The number of amides is 1. The number of carbonyl (C=O) groups excluding carboxylic acids is 1. The Morgan fingerprint density at radius 2 is 2.14 bits per heavy atom. The molecule has 1 aliphatic rings. The van der Waals surface area contributed by atoms with E-state index in [1.165, 1.54) is 4.90 Å². The van der Waals surface area contributed by atoms with Crippen LogP contribution in [0.25, 0.3) is 5.65 Å². The number of halogens is 1. The summed E-state index contributed by atoms with van der Waals surface area (Å²) < 4.78 is 2.59. The second-order valence-corrected chi connectivity index (χ2v) is 6.49. The van der Waals surface area contributed by atoms with Crippen LogP contribution in [-0.2, 0) is 4.79 Å². The molecule has 6 nitrogen and oxygen atoms in total. The van der Waals surface area contributed by atoms with Gasteiger partial charge in [-0.15, -0.1) is 0 Å². The molecule has 1 aliphatic heterocycles. The molecule has 0 bridgehead atoms. The fraction of sp³-hybridized carbons (Fsp3) is 0.400. The zero-order valence-electron chi connectivity index (χ0n) is 12.3. The Hall–Kier alpha value is -1.89. The summed E-state index contributed by atoms with van der Waals surface area (Å²) in [5, 5.41) is 9.28. The number of imidazole rings is 1. The van der Waals surface area contributed by atoms with E-state index >= 15 is 0 Å². The molecular weight excluding hydrogens is 350 g/mol. The topological polar surface area (TPSA) is 74.9 Å². The van der Waals surface area contributed by atoms with Crippen LogP contribution in [0.1, 0.15) is 34.6 Å². The van der Waals surface area contributed by atoms with Gasteiger partial charge in [-0.3, -0.25) is 9.20 Å². The summed E-state index contributed by atoms with van der Waals surface area (Å²) in [6.45, 7) is 4.17. The summed E-state index contributed by atoms with van der Waals surface area (Å²) in [7, 11) is 0. The van der Waals surface area contributed by atoms with E-state index in [1.807, 2.05) is 13.0 Å². The van der Waals surface area contributed by atoms with Gasteiger partial charge in [0.05, 0.1) is 5.69 Å². The van der Waals surface area contributed by atoms with Crippen molar-refractivity contribution < 1.29 is 14.7 Å². The lowest BCUT2D eigenvalue weighted by atomic mass is 10.2. The van der Waals surface area contributed by atoms with Gasteiger partial charge in [-0.2, -0.15) is 0 Å².